The van der Waals surface area contributed by atoms with Gasteiger partial charge in [0.2, 0.25) is 0 Å². The van der Waals surface area contributed by atoms with E-state index in [-0.39, 0.29) is 65.4 Å². The number of rotatable bonds is 2. The third kappa shape index (κ3) is 11.3. The molecule has 0 aromatic heterocycles. The van der Waals surface area contributed by atoms with Gasteiger partial charge >= 0.3 is 0 Å². The van der Waals surface area contributed by atoms with E-state index in [1.165, 1.54) is 154 Å². The molecule has 0 nitrogen and oxygen atoms in total. The van der Waals surface area contributed by atoms with Crippen molar-refractivity contribution in [3.8, 4) is 55.6 Å². The van der Waals surface area contributed by atoms with Crippen molar-refractivity contribution in [3.63, 3.8) is 0 Å². The second-order valence-corrected chi connectivity index (χ2v) is 23.8. The molecule has 2 radical (unpaired) electrons. The number of benzene rings is 15. The van der Waals surface area contributed by atoms with Crippen LogP contribution in [-0.2, 0) is 97.5 Å². The van der Waals surface area contributed by atoms with Gasteiger partial charge in [-0.2, -0.15) is 42.5 Å². The van der Waals surface area contributed by atoms with Crippen LogP contribution in [-0.4, -0.2) is 0 Å². The van der Waals surface area contributed by atoms with Crippen molar-refractivity contribution >= 4 is 59.4 Å². The summed E-state index contributed by atoms with van der Waals surface area (Å²) in [6.07, 6.45) is 9.95. The molecule has 2 heteroatoms. The van der Waals surface area contributed by atoms with E-state index in [9.17, 15) is 0 Å². The SMILES string of the molecule is [CH-]=CC1=[C-]Cc2ccccc21.[Y].[Y].[c-]1ccccc1-c1[c-]cc2c(c1)-c1ccccc1C2.c1ccc2c(c1)Cc1c-2c2ccccc2c2ccccc12.c1ccc2c(c1)Cc1c-2ccc2ccccc12.c1ccc2c(c1)Cc1cc3ccc4ccccc4c3cc1-2. The molecule has 0 amide bonds. The predicted octanol–water partition coefficient (Wildman–Crippen LogP) is 22.5. The van der Waals surface area contributed by atoms with Gasteiger partial charge < -0.3 is 18.2 Å². The maximum atomic E-state index is 5.42. The van der Waals surface area contributed by atoms with Crippen LogP contribution in [0, 0.1) is 24.8 Å². The van der Waals surface area contributed by atoms with Gasteiger partial charge in [0.15, 0.2) is 0 Å². The van der Waals surface area contributed by atoms with Gasteiger partial charge in [0, 0.05) is 65.4 Å². The van der Waals surface area contributed by atoms with E-state index < -0.39 is 0 Å². The van der Waals surface area contributed by atoms with Gasteiger partial charge in [-0.1, -0.05) is 249 Å². The molecule has 0 aliphatic heterocycles. The number of allylic oxidation sites excluding steroid dienone is 3. The fraction of sp³-hybridized carbons (Fsp3) is 0.0562. The molecule has 0 unspecified atom stereocenters. The summed E-state index contributed by atoms with van der Waals surface area (Å²) in [6.45, 7) is 5.42. The van der Waals surface area contributed by atoms with E-state index in [4.69, 9.17) is 6.58 Å². The Bertz CT molecular complexity index is 5320. The average molecular weight is 1310 g/mol. The Morgan fingerprint density at radius 1 is 0.286 bits per heavy atom. The molecule has 0 bridgehead atoms. The topological polar surface area (TPSA) is 0 Å². The van der Waals surface area contributed by atoms with E-state index in [2.05, 4.69) is 279 Å². The molecule has 20 rings (SSSR count). The number of hydrogen-bond acceptors (Lipinski definition) is 0. The minimum Gasteiger partial charge on any atom is -0.361 e. The van der Waals surface area contributed by atoms with Crippen molar-refractivity contribution < 1.29 is 65.4 Å². The van der Waals surface area contributed by atoms with E-state index in [0.29, 0.717) is 0 Å². The zero-order chi connectivity index (χ0) is 59.2. The van der Waals surface area contributed by atoms with Crippen LogP contribution in [0.2, 0.25) is 0 Å². The van der Waals surface area contributed by atoms with Gasteiger partial charge in [0.05, 0.1) is 0 Å². The zero-order valence-corrected chi connectivity index (χ0v) is 56.2. The van der Waals surface area contributed by atoms with Gasteiger partial charge in [0.1, 0.15) is 0 Å². The summed E-state index contributed by atoms with van der Waals surface area (Å²) in [5.41, 5.74) is 28.6. The summed E-state index contributed by atoms with van der Waals surface area (Å²) in [4.78, 5) is 0. The molecule has 0 saturated carbocycles. The first kappa shape index (κ1) is 59.9. The Morgan fingerprint density at radius 2 is 0.769 bits per heavy atom. The first-order valence-electron chi connectivity index (χ1n) is 31.1. The van der Waals surface area contributed by atoms with Gasteiger partial charge in [-0.3, -0.25) is 6.08 Å². The normalized spacial score (nSPS) is 12.3. The Hall–Kier alpha value is -8.71. The van der Waals surface area contributed by atoms with Gasteiger partial charge in [-0.25, -0.2) is 16.7 Å². The summed E-state index contributed by atoms with van der Waals surface area (Å²) in [5.74, 6) is 0. The molecule has 5 aliphatic rings. The van der Waals surface area contributed by atoms with Crippen LogP contribution in [0.4, 0.5) is 0 Å². The van der Waals surface area contributed by atoms with Gasteiger partial charge in [-0.05, 0) is 164 Å². The van der Waals surface area contributed by atoms with Crippen LogP contribution in [0.25, 0.3) is 115 Å². The quantitative estimate of drug-likeness (QED) is 0.120. The van der Waals surface area contributed by atoms with Crippen molar-refractivity contribution in [1.82, 2.24) is 0 Å². The molecule has 15 aromatic carbocycles. The smallest absolute Gasteiger partial charge is 0 e. The molecule has 91 heavy (non-hydrogen) atoms. The molecule has 0 fully saturated rings. The second kappa shape index (κ2) is 26.2. The molecule has 15 aromatic rings. The number of fused-ring (bicyclic) bond motifs is 23. The van der Waals surface area contributed by atoms with Crippen LogP contribution < -0.4 is 0 Å². The summed E-state index contributed by atoms with van der Waals surface area (Å²) >= 11 is 0. The maximum absolute atomic E-state index is 5.42. The molecule has 0 saturated heterocycles. The van der Waals surface area contributed by atoms with Crippen molar-refractivity contribution in [3.05, 3.63) is 378 Å². The zero-order valence-electron chi connectivity index (χ0n) is 50.6. The Kier molecular flexibility index (Phi) is 17.3. The second-order valence-electron chi connectivity index (χ2n) is 23.8. The molecule has 0 spiro atoms. The average Bonchev–Trinajstić information content (AvgIpc) is 1.67. The van der Waals surface area contributed by atoms with Crippen molar-refractivity contribution in [2.45, 2.75) is 32.1 Å². The molecular formula is C89H60Y2-4. The Morgan fingerprint density at radius 3 is 1.45 bits per heavy atom. The Labute approximate surface area is 584 Å². The third-order valence-corrected chi connectivity index (χ3v) is 18.7. The van der Waals surface area contributed by atoms with Crippen molar-refractivity contribution in [2.24, 2.45) is 0 Å². The maximum Gasteiger partial charge on any atom is 0 e. The molecule has 0 atom stereocenters. The molecule has 5 aliphatic carbocycles. The fourth-order valence-corrected chi connectivity index (χ4v) is 14.5. The molecular weight excluding hydrogens is 1250 g/mol. The molecule has 426 valence electrons. The van der Waals surface area contributed by atoms with E-state index in [1.54, 1.807) is 6.08 Å². The van der Waals surface area contributed by atoms with Gasteiger partial charge in [0.25, 0.3) is 0 Å². The fourth-order valence-electron chi connectivity index (χ4n) is 14.5. The monoisotopic (exact) mass is 1310 g/mol. The first-order valence-corrected chi connectivity index (χ1v) is 31.1. The van der Waals surface area contributed by atoms with Crippen molar-refractivity contribution in [2.75, 3.05) is 0 Å². The van der Waals surface area contributed by atoms with Crippen LogP contribution in [0.3, 0.4) is 0 Å². The Balaban J connectivity index is 0.0000000998. The molecule has 0 N–H and O–H groups in total. The van der Waals surface area contributed by atoms with E-state index >= 15 is 0 Å². The minimum absolute atomic E-state index is 0. The summed E-state index contributed by atoms with van der Waals surface area (Å²) in [5, 5.41) is 13.7. The largest absolute Gasteiger partial charge is 0.361 e. The van der Waals surface area contributed by atoms with Crippen LogP contribution >= 0.6 is 0 Å². The summed E-state index contributed by atoms with van der Waals surface area (Å²) in [7, 11) is 0. The van der Waals surface area contributed by atoms with Crippen LogP contribution in [0.5, 0.6) is 0 Å². The van der Waals surface area contributed by atoms with E-state index in [0.717, 1.165) is 48.8 Å². The summed E-state index contributed by atoms with van der Waals surface area (Å²) < 4.78 is 0. The molecule has 0 heterocycles. The van der Waals surface area contributed by atoms with Crippen molar-refractivity contribution in [1.29, 1.82) is 0 Å². The van der Waals surface area contributed by atoms with E-state index in [1.807, 2.05) is 30.3 Å². The minimum atomic E-state index is 0. The van der Waals surface area contributed by atoms with Crippen LogP contribution in [0.15, 0.2) is 297 Å². The number of hydrogen-bond donors (Lipinski definition) is 0. The first-order chi connectivity index (χ1) is 44.1. The van der Waals surface area contributed by atoms with Gasteiger partial charge in [-0.15, -0.1) is 28.8 Å². The van der Waals surface area contributed by atoms with Crippen LogP contribution in [0.1, 0.15) is 55.6 Å². The summed E-state index contributed by atoms with van der Waals surface area (Å²) in [6, 6.07) is 111. The predicted molar refractivity (Wildman–Crippen MR) is 375 cm³/mol. The standard InChI is InChI=1S/2C21H14.C19H12.C17H12.C11H8.2Y/c1-3-7-18-14(5-1)9-10-16-12-17-11-15-6-2-4-8-19(15)21(17)13-20(16)18;1-2-8-15-14(7-1)13-20-18-11-4-3-9-16(18)17-10-5-6-12-19(17)21(15)20;1-2-6-14(7-3-1)15-10-11-17-12-16-8-4-5-9-18(16)19(17)13-15;1-3-7-14-12(5-1)9-10-16-15-8-4-2-6-13(15)11-17(14)16;1-2-9-7-8-10-5-3-4-6-11(9)10;;/h1-10,12-13H,11H2;1-12H,13H2;1-6,8-9,11,13H,12H2;1-10H,11H2;1-6H,8H2;;/q;;-2;;-2;;. The third-order valence-electron chi connectivity index (χ3n) is 18.7.